The first-order valence-electron chi connectivity index (χ1n) is 12.6. The van der Waals surface area contributed by atoms with Crippen molar-refractivity contribution >= 4 is 17.6 Å². The standard InChI is InChI=1S/C27H35N7O4/c1-17(2)23-14-25(31-27(30-23)33-8-7-28-16-33)34-10-9-32(19(4)35)15-24(34)26(36)29-18(3)20-11-21(37-5)13-22(12-20)38-6/h7-8,11-14,16-18,24H,9-10,15H2,1-6H3,(H,29,36). The highest BCUT2D eigenvalue weighted by atomic mass is 16.5. The topological polar surface area (TPSA) is 115 Å². The molecule has 2 aromatic heterocycles. The van der Waals surface area contributed by atoms with E-state index in [9.17, 15) is 9.59 Å². The first-order chi connectivity index (χ1) is 18.2. The maximum Gasteiger partial charge on any atom is 0.245 e. The molecule has 1 aliphatic heterocycles. The molecule has 38 heavy (non-hydrogen) atoms. The lowest BCUT2D eigenvalue weighted by molar-refractivity contribution is -0.131. The molecule has 2 unspecified atom stereocenters. The number of piperazine rings is 1. The van der Waals surface area contributed by atoms with Gasteiger partial charge in [0.05, 0.1) is 32.5 Å². The van der Waals surface area contributed by atoms with E-state index in [1.807, 2.05) is 30.0 Å². The summed E-state index contributed by atoms with van der Waals surface area (Å²) in [5, 5.41) is 3.12. The number of nitrogens with one attached hydrogen (secondary N) is 1. The van der Waals surface area contributed by atoms with Crippen molar-refractivity contribution in [1.82, 2.24) is 29.7 Å². The predicted molar refractivity (Wildman–Crippen MR) is 143 cm³/mol. The number of anilines is 1. The number of aromatic nitrogens is 4. The van der Waals surface area contributed by atoms with Gasteiger partial charge in [0.1, 0.15) is 29.7 Å². The Morgan fingerprint density at radius 2 is 1.74 bits per heavy atom. The summed E-state index contributed by atoms with van der Waals surface area (Å²) in [5.41, 5.74) is 1.69. The molecule has 1 saturated heterocycles. The fraction of sp³-hybridized carbons (Fsp3) is 0.444. The molecule has 0 saturated carbocycles. The molecule has 0 radical (unpaired) electrons. The van der Waals surface area contributed by atoms with Gasteiger partial charge in [-0.1, -0.05) is 13.8 Å². The van der Waals surface area contributed by atoms with Crippen molar-refractivity contribution in [3.05, 3.63) is 54.2 Å². The van der Waals surface area contributed by atoms with Crippen LogP contribution in [0.15, 0.2) is 43.0 Å². The third-order valence-corrected chi connectivity index (χ3v) is 6.70. The van der Waals surface area contributed by atoms with Crippen molar-refractivity contribution < 1.29 is 19.1 Å². The normalized spacial score (nSPS) is 16.3. The first-order valence-corrected chi connectivity index (χ1v) is 12.6. The SMILES string of the molecule is COc1cc(OC)cc(C(C)NC(=O)C2CN(C(C)=O)CCN2c2cc(C(C)C)nc(-n3ccnc3)n2)c1. The minimum absolute atomic E-state index is 0.0716. The summed E-state index contributed by atoms with van der Waals surface area (Å²) in [6, 6.07) is 6.46. The van der Waals surface area contributed by atoms with E-state index in [0.717, 1.165) is 11.3 Å². The van der Waals surface area contributed by atoms with Gasteiger partial charge in [0.25, 0.3) is 0 Å². The number of nitrogens with zero attached hydrogens (tertiary/aromatic N) is 6. The fourth-order valence-corrected chi connectivity index (χ4v) is 4.42. The van der Waals surface area contributed by atoms with Gasteiger partial charge < -0.3 is 24.6 Å². The number of amides is 2. The number of hydrogen-bond donors (Lipinski definition) is 1. The van der Waals surface area contributed by atoms with Crippen molar-refractivity contribution in [3.63, 3.8) is 0 Å². The van der Waals surface area contributed by atoms with Gasteiger partial charge in [0, 0.05) is 44.5 Å². The van der Waals surface area contributed by atoms with Crippen molar-refractivity contribution in [1.29, 1.82) is 0 Å². The highest BCUT2D eigenvalue weighted by Gasteiger charge is 2.35. The van der Waals surface area contributed by atoms with E-state index in [0.29, 0.717) is 36.4 Å². The average molecular weight is 522 g/mol. The summed E-state index contributed by atoms with van der Waals surface area (Å²) in [6.07, 6.45) is 5.10. The fourth-order valence-electron chi connectivity index (χ4n) is 4.42. The maximum atomic E-state index is 13.8. The Hall–Kier alpha value is -4.15. The second kappa shape index (κ2) is 11.5. The molecule has 2 atom stereocenters. The Labute approximate surface area is 222 Å². The van der Waals surface area contributed by atoms with Crippen LogP contribution in [-0.2, 0) is 9.59 Å². The molecule has 2 amide bonds. The zero-order valence-corrected chi connectivity index (χ0v) is 22.7. The van der Waals surface area contributed by atoms with Gasteiger partial charge in [-0.3, -0.25) is 14.2 Å². The maximum absolute atomic E-state index is 13.8. The molecule has 1 N–H and O–H groups in total. The molecular weight excluding hydrogens is 486 g/mol. The number of imidazole rings is 1. The average Bonchev–Trinajstić information content (AvgIpc) is 3.47. The summed E-state index contributed by atoms with van der Waals surface area (Å²) in [5.74, 6) is 2.25. The highest BCUT2D eigenvalue weighted by molar-refractivity contribution is 5.87. The molecule has 11 nitrogen and oxygen atoms in total. The lowest BCUT2D eigenvalue weighted by Crippen LogP contribution is -2.60. The molecule has 11 heteroatoms. The van der Waals surface area contributed by atoms with Gasteiger partial charge in [0.2, 0.25) is 17.8 Å². The van der Waals surface area contributed by atoms with Crippen LogP contribution < -0.4 is 19.7 Å². The van der Waals surface area contributed by atoms with Gasteiger partial charge in [-0.25, -0.2) is 9.97 Å². The quantitative estimate of drug-likeness (QED) is 0.481. The molecule has 1 fully saturated rings. The third-order valence-electron chi connectivity index (χ3n) is 6.70. The molecule has 0 spiro atoms. The lowest BCUT2D eigenvalue weighted by Gasteiger charge is -2.41. The molecule has 3 heterocycles. The van der Waals surface area contributed by atoms with Crippen LogP contribution in [0.4, 0.5) is 5.82 Å². The Morgan fingerprint density at radius 3 is 2.32 bits per heavy atom. The number of ether oxygens (including phenoxy) is 2. The number of hydrogen-bond acceptors (Lipinski definition) is 8. The van der Waals surface area contributed by atoms with Crippen LogP contribution in [0.25, 0.3) is 5.95 Å². The predicted octanol–water partition coefficient (Wildman–Crippen LogP) is 2.72. The molecule has 1 aromatic carbocycles. The summed E-state index contributed by atoms with van der Waals surface area (Å²) in [6.45, 7) is 8.74. The van der Waals surface area contributed by atoms with Crippen LogP contribution >= 0.6 is 0 Å². The second-order valence-electron chi connectivity index (χ2n) is 9.63. The van der Waals surface area contributed by atoms with Gasteiger partial charge in [-0.2, -0.15) is 4.98 Å². The van der Waals surface area contributed by atoms with Crippen molar-refractivity contribution in [2.45, 2.75) is 45.7 Å². The van der Waals surface area contributed by atoms with Crippen LogP contribution in [-0.4, -0.2) is 76.1 Å². The van der Waals surface area contributed by atoms with Gasteiger partial charge >= 0.3 is 0 Å². The van der Waals surface area contributed by atoms with Crippen LogP contribution in [0.2, 0.25) is 0 Å². The molecule has 0 aliphatic carbocycles. The first kappa shape index (κ1) is 26.9. The Bertz CT molecular complexity index is 1260. The molecule has 202 valence electrons. The van der Waals surface area contributed by atoms with E-state index in [1.54, 1.807) is 48.5 Å². The third kappa shape index (κ3) is 5.87. The Balaban J connectivity index is 1.66. The summed E-state index contributed by atoms with van der Waals surface area (Å²) < 4.78 is 12.5. The van der Waals surface area contributed by atoms with Crippen LogP contribution in [0.5, 0.6) is 11.5 Å². The summed E-state index contributed by atoms with van der Waals surface area (Å²) >= 11 is 0. The lowest BCUT2D eigenvalue weighted by atomic mass is 10.1. The smallest absolute Gasteiger partial charge is 0.245 e. The molecule has 3 aromatic rings. The van der Waals surface area contributed by atoms with E-state index in [1.165, 1.54) is 6.92 Å². The van der Waals surface area contributed by atoms with Crippen molar-refractivity contribution in [2.24, 2.45) is 0 Å². The number of methoxy groups -OCH3 is 2. The number of carbonyl (C=O) groups is 2. The Morgan fingerprint density at radius 1 is 1.03 bits per heavy atom. The van der Waals surface area contributed by atoms with E-state index in [4.69, 9.17) is 19.4 Å². The van der Waals surface area contributed by atoms with E-state index >= 15 is 0 Å². The van der Waals surface area contributed by atoms with Gasteiger partial charge in [-0.15, -0.1) is 0 Å². The van der Waals surface area contributed by atoms with Crippen LogP contribution in [0, 0.1) is 0 Å². The number of carbonyl (C=O) groups excluding carboxylic acids is 2. The highest BCUT2D eigenvalue weighted by Crippen LogP contribution is 2.28. The number of rotatable bonds is 8. The minimum atomic E-state index is -0.645. The monoisotopic (exact) mass is 521 g/mol. The second-order valence-corrected chi connectivity index (χ2v) is 9.63. The van der Waals surface area contributed by atoms with Crippen LogP contribution in [0.1, 0.15) is 50.9 Å². The molecular formula is C27H35N7O4. The van der Waals surface area contributed by atoms with E-state index in [-0.39, 0.29) is 30.3 Å². The zero-order chi connectivity index (χ0) is 27.4. The molecule has 1 aliphatic rings. The zero-order valence-electron chi connectivity index (χ0n) is 22.7. The largest absolute Gasteiger partial charge is 0.497 e. The number of benzene rings is 1. The van der Waals surface area contributed by atoms with E-state index < -0.39 is 6.04 Å². The molecule has 4 rings (SSSR count). The minimum Gasteiger partial charge on any atom is -0.497 e. The van der Waals surface area contributed by atoms with E-state index in [2.05, 4.69) is 24.1 Å². The summed E-state index contributed by atoms with van der Waals surface area (Å²) in [4.78, 5) is 43.3. The van der Waals surface area contributed by atoms with Gasteiger partial charge in [-0.05, 0) is 30.5 Å². The van der Waals surface area contributed by atoms with Crippen molar-refractivity contribution in [2.75, 3.05) is 38.8 Å². The van der Waals surface area contributed by atoms with Crippen LogP contribution in [0.3, 0.4) is 0 Å². The van der Waals surface area contributed by atoms with Gasteiger partial charge in [0.15, 0.2) is 0 Å². The van der Waals surface area contributed by atoms with Crippen molar-refractivity contribution in [3.8, 4) is 17.4 Å². The summed E-state index contributed by atoms with van der Waals surface area (Å²) in [7, 11) is 3.17. The Kier molecular flexibility index (Phi) is 8.13. The molecule has 0 bridgehead atoms.